The molecule has 0 spiro atoms. The molecule has 0 aliphatic carbocycles. The summed E-state index contributed by atoms with van der Waals surface area (Å²) in [6, 6.07) is 20.1. The summed E-state index contributed by atoms with van der Waals surface area (Å²) in [5.74, 6) is 1.40. The fraction of sp³-hybridized carbons (Fsp3) is 0.241. The minimum atomic E-state index is -0.457. The third kappa shape index (κ3) is 4.04. The first-order valence-corrected chi connectivity index (χ1v) is 12.5. The summed E-state index contributed by atoms with van der Waals surface area (Å²) >= 11 is 0. The van der Waals surface area contributed by atoms with E-state index in [-0.39, 0.29) is 25.2 Å². The van der Waals surface area contributed by atoms with E-state index in [1.165, 1.54) is 0 Å². The van der Waals surface area contributed by atoms with Crippen molar-refractivity contribution in [3.05, 3.63) is 96.2 Å². The quantitative estimate of drug-likeness (QED) is 0.352. The average molecular weight is 498 g/mol. The van der Waals surface area contributed by atoms with Crippen LogP contribution in [0.4, 0.5) is 5.69 Å². The Hall–Kier alpha value is -4.46. The third-order valence-corrected chi connectivity index (χ3v) is 6.82. The zero-order chi connectivity index (χ0) is 25.4. The molecule has 1 unspecified atom stereocenters. The molecule has 2 aliphatic heterocycles. The lowest BCUT2D eigenvalue weighted by atomic mass is 10.0. The van der Waals surface area contributed by atoms with Crippen LogP contribution >= 0.6 is 0 Å². The van der Waals surface area contributed by atoms with Crippen molar-refractivity contribution in [3.63, 3.8) is 0 Å². The van der Waals surface area contributed by atoms with E-state index >= 15 is 0 Å². The third-order valence-electron chi connectivity index (χ3n) is 6.82. The zero-order valence-corrected chi connectivity index (χ0v) is 20.5. The van der Waals surface area contributed by atoms with Crippen LogP contribution in [0, 0.1) is 0 Å². The topological polar surface area (TPSA) is 77.2 Å². The lowest BCUT2D eigenvalue weighted by Gasteiger charge is -2.38. The molecule has 2 amide bonds. The number of carbonyl (C=O) groups excluding carboxylic acids is 2. The number of hydrogen-bond acceptors (Lipinski definition) is 5. The van der Waals surface area contributed by atoms with Crippen molar-refractivity contribution in [1.82, 2.24) is 9.47 Å². The number of ether oxygens (including phenoxy) is 2. The highest BCUT2D eigenvalue weighted by molar-refractivity contribution is 6.02. The predicted octanol–water partition coefficient (Wildman–Crippen LogP) is 5.18. The van der Waals surface area contributed by atoms with Gasteiger partial charge in [-0.2, -0.15) is 0 Å². The first-order valence-electron chi connectivity index (χ1n) is 12.5. The number of carbonyl (C=O) groups is 2. The molecule has 4 heterocycles. The van der Waals surface area contributed by atoms with E-state index in [0.29, 0.717) is 29.4 Å². The molecule has 0 fully saturated rings. The number of furan rings is 1. The normalized spacial score (nSPS) is 15.3. The number of nitrogens with zero attached hydrogens (tertiary/aromatic N) is 3. The first kappa shape index (κ1) is 23.0. The van der Waals surface area contributed by atoms with E-state index in [4.69, 9.17) is 13.9 Å². The van der Waals surface area contributed by atoms with Gasteiger partial charge in [-0.1, -0.05) is 25.5 Å². The molecule has 188 valence electrons. The Bertz CT molecular complexity index is 1440. The van der Waals surface area contributed by atoms with Gasteiger partial charge in [0.15, 0.2) is 11.5 Å². The van der Waals surface area contributed by atoms with Crippen LogP contribution in [-0.2, 0) is 4.79 Å². The summed E-state index contributed by atoms with van der Waals surface area (Å²) in [6.07, 6.45) is 5.28. The molecule has 0 bridgehead atoms. The van der Waals surface area contributed by atoms with Crippen molar-refractivity contribution in [3.8, 4) is 17.2 Å². The largest absolute Gasteiger partial charge is 0.467 e. The van der Waals surface area contributed by atoms with Gasteiger partial charge >= 0.3 is 0 Å². The minimum absolute atomic E-state index is 0.0699. The molecule has 1 atom stereocenters. The van der Waals surface area contributed by atoms with E-state index < -0.39 is 6.04 Å². The Balaban J connectivity index is 1.36. The number of hydrogen-bond donors (Lipinski definition) is 0. The minimum Gasteiger partial charge on any atom is -0.467 e. The van der Waals surface area contributed by atoms with Gasteiger partial charge in [0.2, 0.25) is 12.7 Å². The molecule has 0 saturated carbocycles. The maximum atomic E-state index is 14.1. The highest BCUT2D eigenvalue weighted by atomic mass is 16.7. The van der Waals surface area contributed by atoms with Crippen LogP contribution in [0.2, 0.25) is 0 Å². The van der Waals surface area contributed by atoms with E-state index in [1.54, 1.807) is 34.3 Å². The van der Waals surface area contributed by atoms with Crippen molar-refractivity contribution >= 4 is 17.5 Å². The van der Waals surface area contributed by atoms with Gasteiger partial charge < -0.3 is 23.4 Å². The molecule has 0 saturated heterocycles. The maximum Gasteiger partial charge on any atom is 0.254 e. The summed E-state index contributed by atoms with van der Waals surface area (Å²) in [7, 11) is 0. The summed E-state index contributed by atoms with van der Waals surface area (Å²) < 4.78 is 18.7. The molecule has 8 heteroatoms. The van der Waals surface area contributed by atoms with Gasteiger partial charge in [0, 0.05) is 18.3 Å². The Morgan fingerprint density at radius 2 is 1.81 bits per heavy atom. The molecule has 4 aromatic rings. The highest BCUT2D eigenvalue weighted by Gasteiger charge is 2.38. The fourth-order valence-electron chi connectivity index (χ4n) is 5.03. The molecule has 37 heavy (non-hydrogen) atoms. The molecular weight excluding hydrogens is 470 g/mol. The molecule has 0 radical (unpaired) electrons. The Morgan fingerprint density at radius 1 is 0.973 bits per heavy atom. The summed E-state index contributed by atoms with van der Waals surface area (Å²) in [4.78, 5) is 31.1. The summed E-state index contributed by atoms with van der Waals surface area (Å²) in [5, 5.41) is 0. The average Bonchev–Trinajstić information content (AvgIpc) is 3.71. The zero-order valence-electron chi connectivity index (χ0n) is 20.5. The van der Waals surface area contributed by atoms with Gasteiger partial charge in [0.25, 0.3) is 5.91 Å². The fourth-order valence-corrected chi connectivity index (χ4v) is 5.03. The van der Waals surface area contributed by atoms with Gasteiger partial charge in [0.1, 0.15) is 18.3 Å². The molecule has 0 N–H and O–H groups in total. The number of anilines is 1. The molecular formula is C29H27N3O5. The first-order chi connectivity index (χ1) is 18.2. The van der Waals surface area contributed by atoms with Gasteiger partial charge in [-0.15, -0.1) is 0 Å². The Morgan fingerprint density at radius 3 is 2.62 bits per heavy atom. The molecule has 6 rings (SSSR count). The van der Waals surface area contributed by atoms with Crippen LogP contribution in [0.1, 0.15) is 47.6 Å². The second-order valence-electron chi connectivity index (χ2n) is 9.12. The van der Waals surface area contributed by atoms with E-state index in [0.717, 1.165) is 29.9 Å². The molecule has 8 nitrogen and oxygen atoms in total. The predicted molar refractivity (Wildman–Crippen MR) is 137 cm³/mol. The van der Waals surface area contributed by atoms with Crippen LogP contribution in [0.15, 0.2) is 83.6 Å². The van der Waals surface area contributed by atoms with Gasteiger partial charge in [-0.3, -0.25) is 14.5 Å². The molecule has 2 aromatic carbocycles. The van der Waals surface area contributed by atoms with Crippen LogP contribution in [0.5, 0.6) is 11.5 Å². The van der Waals surface area contributed by atoms with Crippen molar-refractivity contribution in [2.45, 2.75) is 25.8 Å². The van der Waals surface area contributed by atoms with Crippen molar-refractivity contribution in [2.24, 2.45) is 0 Å². The Kier molecular flexibility index (Phi) is 5.92. The van der Waals surface area contributed by atoms with Crippen LogP contribution < -0.4 is 14.4 Å². The SMILES string of the molecule is CCCCN(CC(=O)N1c2ccccc2-n2cccc2C1c1ccco1)C(=O)c1ccc2c(c1)OCO2. The van der Waals surface area contributed by atoms with Crippen molar-refractivity contribution in [1.29, 1.82) is 0 Å². The smallest absolute Gasteiger partial charge is 0.254 e. The number of rotatable bonds is 7. The standard InChI is InChI=1S/C29H27N3O5/c1-2-3-14-30(29(34)20-12-13-24-26(17-20)37-19-36-24)18-27(33)32-22-9-5-4-8-21(22)31-15-6-10-23(31)28(32)25-11-7-16-35-25/h4-13,15-17,28H,2-3,14,18-19H2,1H3. The summed E-state index contributed by atoms with van der Waals surface area (Å²) in [5.41, 5.74) is 3.05. The van der Waals surface area contributed by atoms with Crippen LogP contribution in [0.25, 0.3) is 5.69 Å². The van der Waals surface area contributed by atoms with E-state index in [1.807, 2.05) is 54.7 Å². The van der Waals surface area contributed by atoms with E-state index in [2.05, 4.69) is 11.5 Å². The van der Waals surface area contributed by atoms with Crippen molar-refractivity contribution in [2.75, 3.05) is 24.8 Å². The number of fused-ring (bicyclic) bond motifs is 4. The monoisotopic (exact) mass is 497 g/mol. The highest BCUT2D eigenvalue weighted by Crippen LogP contribution is 2.42. The lowest BCUT2D eigenvalue weighted by Crippen LogP contribution is -2.47. The number of para-hydroxylation sites is 2. The maximum absolute atomic E-state index is 14.1. The van der Waals surface area contributed by atoms with E-state index in [9.17, 15) is 9.59 Å². The summed E-state index contributed by atoms with van der Waals surface area (Å²) in [6.45, 7) is 2.59. The Labute approximate surface area is 214 Å². The second kappa shape index (κ2) is 9.54. The van der Waals surface area contributed by atoms with Gasteiger partial charge in [-0.05, 0) is 61.0 Å². The lowest BCUT2D eigenvalue weighted by molar-refractivity contribution is -0.119. The van der Waals surface area contributed by atoms with Crippen LogP contribution in [-0.4, -0.2) is 41.2 Å². The molecule has 2 aromatic heterocycles. The number of benzene rings is 2. The van der Waals surface area contributed by atoms with Crippen molar-refractivity contribution < 1.29 is 23.5 Å². The van der Waals surface area contributed by atoms with Gasteiger partial charge in [-0.25, -0.2) is 0 Å². The van der Waals surface area contributed by atoms with Crippen LogP contribution in [0.3, 0.4) is 0 Å². The molecule has 2 aliphatic rings. The number of amides is 2. The number of unbranched alkanes of at least 4 members (excludes halogenated alkanes) is 1. The second-order valence-corrected chi connectivity index (χ2v) is 9.12. The number of aromatic nitrogens is 1. The van der Waals surface area contributed by atoms with Gasteiger partial charge in [0.05, 0.1) is 23.3 Å².